The molecule has 0 atom stereocenters. The highest BCUT2D eigenvalue weighted by Crippen LogP contribution is 2.31. The molecule has 2 aromatic carbocycles. The summed E-state index contributed by atoms with van der Waals surface area (Å²) in [7, 11) is -4.03. The van der Waals surface area contributed by atoms with E-state index in [0.717, 1.165) is 29.0 Å². The lowest BCUT2D eigenvalue weighted by Gasteiger charge is -2.30. The zero-order valence-electron chi connectivity index (χ0n) is 18.3. The molecule has 0 unspecified atom stereocenters. The monoisotopic (exact) mass is 496 g/mol. The number of halogens is 1. The number of hydrogen-bond acceptors (Lipinski definition) is 7. The van der Waals surface area contributed by atoms with Gasteiger partial charge in [-0.15, -0.1) is 0 Å². The number of sulfonamides is 1. The highest BCUT2D eigenvalue weighted by molar-refractivity contribution is 7.89. The number of nitro groups is 1. The van der Waals surface area contributed by atoms with Crippen LogP contribution in [0.15, 0.2) is 41.3 Å². The third-order valence-corrected chi connectivity index (χ3v) is 7.84. The number of ether oxygens (including phenoxy) is 2. The van der Waals surface area contributed by atoms with Gasteiger partial charge in [0.25, 0.3) is 5.69 Å². The zero-order valence-corrected chi connectivity index (χ0v) is 19.9. The molecule has 0 spiro atoms. The summed E-state index contributed by atoms with van der Waals surface area (Å²) in [5.74, 6) is -0.0906. The van der Waals surface area contributed by atoms with Gasteiger partial charge in [0.15, 0.2) is 0 Å². The van der Waals surface area contributed by atoms with Crippen molar-refractivity contribution in [2.45, 2.75) is 31.6 Å². The van der Waals surface area contributed by atoms with E-state index in [2.05, 4.69) is 0 Å². The number of esters is 1. The van der Waals surface area contributed by atoms with Gasteiger partial charge in [0.2, 0.25) is 10.0 Å². The number of carbonyl (C=O) groups excluding carboxylic acids is 1. The zero-order chi connectivity index (χ0) is 24.2. The Morgan fingerprint density at radius 2 is 1.85 bits per heavy atom. The summed E-state index contributed by atoms with van der Waals surface area (Å²) >= 11 is 6.00. The molecule has 1 aliphatic heterocycles. The maximum Gasteiger partial charge on any atom is 0.309 e. The van der Waals surface area contributed by atoms with Crippen LogP contribution in [-0.2, 0) is 19.6 Å². The Bertz CT molecular complexity index is 1150. The lowest BCUT2D eigenvalue weighted by Crippen LogP contribution is -2.40. The normalized spacial score (nSPS) is 15.2. The van der Waals surface area contributed by atoms with E-state index in [1.54, 1.807) is 0 Å². The highest BCUT2D eigenvalue weighted by atomic mass is 35.5. The number of aryl methyl sites for hydroxylation is 2. The minimum Gasteiger partial charge on any atom is -0.490 e. The molecular weight excluding hydrogens is 472 g/mol. The Balaban J connectivity index is 1.52. The van der Waals surface area contributed by atoms with Crippen molar-refractivity contribution in [1.82, 2.24) is 4.31 Å². The molecule has 0 N–H and O–H groups in total. The van der Waals surface area contributed by atoms with Crippen LogP contribution in [0.1, 0.15) is 24.0 Å². The van der Waals surface area contributed by atoms with Crippen molar-refractivity contribution in [3.63, 3.8) is 0 Å². The molecule has 0 radical (unpaired) electrons. The van der Waals surface area contributed by atoms with Crippen molar-refractivity contribution < 1.29 is 27.6 Å². The van der Waals surface area contributed by atoms with Crippen LogP contribution in [0, 0.1) is 29.9 Å². The molecule has 0 aliphatic carbocycles. The van der Waals surface area contributed by atoms with Crippen LogP contribution in [0.4, 0.5) is 5.69 Å². The molecule has 1 fully saturated rings. The Morgan fingerprint density at radius 1 is 1.15 bits per heavy atom. The van der Waals surface area contributed by atoms with Crippen molar-refractivity contribution in [3.8, 4) is 5.75 Å². The van der Waals surface area contributed by atoms with Gasteiger partial charge in [0, 0.05) is 25.2 Å². The molecule has 1 aliphatic rings. The SMILES string of the molecule is Cc1ccc(C)c(OCCOC(=O)C2CCN(S(=O)(=O)c3cc([N+](=O)[O-])ccc3Cl)CC2)c1. The summed E-state index contributed by atoms with van der Waals surface area (Å²) in [5, 5.41) is 10.9. The highest BCUT2D eigenvalue weighted by Gasteiger charge is 2.34. The van der Waals surface area contributed by atoms with E-state index in [1.807, 2.05) is 32.0 Å². The van der Waals surface area contributed by atoms with Gasteiger partial charge in [0.1, 0.15) is 23.9 Å². The number of nitro benzene ring substituents is 1. The second kappa shape index (κ2) is 10.5. The molecule has 178 valence electrons. The fourth-order valence-electron chi connectivity index (χ4n) is 3.55. The van der Waals surface area contributed by atoms with E-state index < -0.39 is 26.8 Å². The lowest BCUT2D eigenvalue weighted by atomic mass is 9.98. The third-order valence-electron chi connectivity index (χ3n) is 5.46. The van der Waals surface area contributed by atoms with Crippen LogP contribution in [0.2, 0.25) is 5.02 Å². The van der Waals surface area contributed by atoms with Crippen LogP contribution >= 0.6 is 11.6 Å². The summed E-state index contributed by atoms with van der Waals surface area (Å²) in [6.45, 7) is 4.37. The molecule has 9 nitrogen and oxygen atoms in total. The van der Waals surface area contributed by atoms with Crippen LogP contribution in [0.3, 0.4) is 0 Å². The predicted molar refractivity (Wildman–Crippen MR) is 122 cm³/mol. The summed E-state index contributed by atoms with van der Waals surface area (Å²) in [4.78, 5) is 22.4. The summed E-state index contributed by atoms with van der Waals surface area (Å²) in [6.07, 6.45) is 0.560. The number of carbonyl (C=O) groups is 1. The first kappa shape index (κ1) is 24.9. The Hall–Kier alpha value is -2.69. The first-order valence-corrected chi connectivity index (χ1v) is 12.2. The van der Waals surface area contributed by atoms with Gasteiger partial charge < -0.3 is 9.47 Å². The number of piperidine rings is 1. The molecule has 0 amide bonds. The van der Waals surface area contributed by atoms with Gasteiger partial charge in [0.05, 0.1) is 15.9 Å². The standard InChI is InChI=1S/C22H25ClN2O7S/c1-15-3-4-16(2)20(13-15)31-11-12-32-22(26)17-7-9-24(10-8-17)33(29,30)21-14-18(25(27)28)5-6-19(21)23/h3-6,13-14,17H,7-12H2,1-2H3. The topological polar surface area (TPSA) is 116 Å². The smallest absolute Gasteiger partial charge is 0.309 e. The predicted octanol–water partition coefficient (Wildman–Crippen LogP) is 3.89. The number of rotatable bonds is 8. The van der Waals surface area contributed by atoms with Gasteiger partial charge in [-0.05, 0) is 49.9 Å². The minimum atomic E-state index is -4.03. The lowest BCUT2D eigenvalue weighted by molar-refractivity contribution is -0.385. The first-order valence-electron chi connectivity index (χ1n) is 10.4. The molecular formula is C22H25ClN2O7S. The molecule has 1 heterocycles. The largest absolute Gasteiger partial charge is 0.490 e. The second-order valence-electron chi connectivity index (χ2n) is 7.84. The van der Waals surface area contributed by atoms with E-state index in [-0.39, 0.29) is 54.8 Å². The van der Waals surface area contributed by atoms with Gasteiger partial charge >= 0.3 is 5.97 Å². The molecule has 33 heavy (non-hydrogen) atoms. The van der Waals surface area contributed by atoms with E-state index >= 15 is 0 Å². The van der Waals surface area contributed by atoms with Crippen molar-refractivity contribution in [1.29, 1.82) is 0 Å². The van der Waals surface area contributed by atoms with Crippen LogP contribution in [-0.4, -0.2) is 49.9 Å². The Labute approximate surface area is 197 Å². The summed E-state index contributed by atoms with van der Waals surface area (Å²) in [6, 6.07) is 9.15. The van der Waals surface area contributed by atoms with E-state index in [9.17, 15) is 23.3 Å². The molecule has 3 rings (SSSR count). The number of hydrogen-bond donors (Lipinski definition) is 0. The van der Waals surface area contributed by atoms with Crippen molar-refractivity contribution in [3.05, 3.63) is 62.7 Å². The molecule has 11 heteroatoms. The molecule has 2 aromatic rings. The summed E-state index contributed by atoms with van der Waals surface area (Å²) in [5.41, 5.74) is 1.70. The van der Waals surface area contributed by atoms with E-state index in [0.29, 0.717) is 0 Å². The molecule has 0 bridgehead atoms. The van der Waals surface area contributed by atoms with E-state index in [4.69, 9.17) is 21.1 Å². The Kier molecular flexibility index (Phi) is 7.93. The molecule has 0 saturated carbocycles. The van der Waals surface area contributed by atoms with Crippen LogP contribution in [0.5, 0.6) is 5.75 Å². The molecule has 0 aromatic heterocycles. The van der Waals surface area contributed by atoms with E-state index in [1.165, 1.54) is 10.4 Å². The maximum absolute atomic E-state index is 12.9. The quantitative estimate of drug-likeness (QED) is 0.235. The van der Waals surface area contributed by atoms with Crippen LogP contribution in [0.25, 0.3) is 0 Å². The van der Waals surface area contributed by atoms with Gasteiger partial charge in [-0.3, -0.25) is 14.9 Å². The van der Waals surface area contributed by atoms with Crippen molar-refractivity contribution >= 4 is 33.3 Å². The average Bonchev–Trinajstić information content (AvgIpc) is 2.78. The third kappa shape index (κ3) is 6.01. The van der Waals surface area contributed by atoms with Crippen LogP contribution < -0.4 is 4.74 Å². The minimum absolute atomic E-state index is 0.0834. The molecule has 1 saturated heterocycles. The van der Waals surface area contributed by atoms with Gasteiger partial charge in [-0.2, -0.15) is 4.31 Å². The number of nitrogens with zero attached hydrogens (tertiary/aromatic N) is 2. The number of benzene rings is 2. The fourth-order valence-corrected chi connectivity index (χ4v) is 5.51. The number of non-ortho nitro benzene ring substituents is 1. The maximum atomic E-state index is 12.9. The van der Waals surface area contributed by atoms with Crippen molar-refractivity contribution in [2.24, 2.45) is 5.92 Å². The van der Waals surface area contributed by atoms with Gasteiger partial charge in [-0.1, -0.05) is 23.7 Å². The fraction of sp³-hybridized carbons (Fsp3) is 0.409. The Morgan fingerprint density at radius 3 is 2.52 bits per heavy atom. The van der Waals surface area contributed by atoms with Gasteiger partial charge in [-0.25, -0.2) is 8.42 Å². The van der Waals surface area contributed by atoms with Crippen molar-refractivity contribution in [2.75, 3.05) is 26.3 Å². The first-order chi connectivity index (χ1) is 15.6. The second-order valence-corrected chi connectivity index (χ2v) is 10.1. The average molecular weight is 497 g/mol. The summed E-state index contributed by atoms with van der Waals surface area (Å²) < 4.78 is 38.1.